The van der Waals surface area contributed by atoms with Crippen LogP contribution in [0.2, 0.25) is 0 Å². The molecule has 0 fully saturated rings. The Hall–Kier alpha value is -1.02. The summed E-state index contributed by atoms with van der Waals surface area (Å²) in [6.07, 6.45) is 2.19. The van der Waals surface area contributed by atoms with Crippen molar-refractivity contribution in [2.45, 2.75) is 32.9 Å². The van der Waals surface area contributed by atoms with Crippen molar-refractivity contribution in [3.8, 4) is 0 Å². The molecule has 1 rings (SSSR count). The molecule has 0 aromatic heterocycles. The fraction of sp³-hybridized carbons (Fsp3) is 0.455. The molecule has 0 amide bonds. The lowest BCUT2D eigenvalue weighted by molar-refractivity contribution is 0.665. The molecule has 13 heavy (non-hydrogen) atoms. The van der Waals surface area contributed by atoms with E-state index in [9.17, 15) is 0 Å². The Morgan fingerprint density at radius 2 is 2.08 bits per heavy atom. The maximum Gasteiger partial charge on any atom is 0.0743 e. The summed E-state index contributed by atoms with van der Waals surface area (Å²) in [5, 5.41) is 3.29. The Bertz CT molecular complexity index is 258. The van der Waals surface area contributed by atoms with E-state index >= 15 is 0 Å². The number of hydrogen-bond acceptors (Lipinski definition) is 2. The first-order chi connectivity index (χ1) is 6.24. The van der Waals surface area contributed by atoms with Gasteiger partial charge in [0.15, 0.2) is 0 Å². The molecule has 0 aliphatic carbocycles. The van der Waals surface area contributed by atoms with Gasteiger partial charge in [0.25, 0.3) is 0 Å². The normalized spacial score (nSPS) is 12.5. The van der Waals surface area contributed by atoms with Gasteiger partial charge in [-0.2, -0.15) is 0 Å². The van der Waals surface area contributed by atoms with Crippen molar-refractivity contribution >= 4 is 5.69 Å². The maximum atomic E-state index is 5.87. The summed E-state index contributed by atoms with van der Waals surface area (Å²) in [6, 6.07) is 8.20. The minimum absolute atomic E-state index is 0.0751. The van der Waals surface area contributed by atoms with Crippen LogP contribution in [0.3, 0.4) is 0 Å². The van der Waals surface area contributed by atoms with Crippen molar-refractivity contribution in [1.29, 1.82) is 0 Å². The van der Waals surface area contributed by atoms with Gasteiger partial charge in [-0.1, -0.05) is 31.5 Å². The Morgan fingerprint density at radius 3 is 2.69 bits per heavy atom. The Balaban J connectivity index is 2.58. The highest BCUT2D eigenvalue weighted by molar-refractivity contribution is 5.50. The van der Waals surface area contributed by atoms with Crippen LogP contribution in [-0.4, -0.2) is 6.17 Å². The zero-order chi connectivity index (χ0) is 9.68. The molecule has 1 aromatic carbocycles. The molecule has 1 unspecified atom stereocenters. The SMILES string of the molecule is CCCC(N)Nc1ccccc1C. The fourth-order valence-corrected chi connectivity index (χ4v) is 1.32. The van der Waals surface area contributed by atoms with Gasteiger partial charge in [-0.25, -0.2) is 0 Å². The number of anilines is 1. The second-order valence-electron chi connectivity index (χ2n) is 3.35. The molecule has 1 aromatic rings. The summed E-state index contributed by atoms with van der Waals surface area (Å²) in [7, 11) is 0. The van der Waals surface area contributed by atoms with Gasteiger partial charge >= 0.3 is 0 Å². The van der Waals surface area contributed by atoms with Crippen LogP contribution in [-0.2, 0) is 0 Å². The zero-order valence-corrected chi connectivity index (χ0v) is 8.38. The predicted octanol–water partition coefficient (Wildman–Crippen LogP) is 2.49. The van der Waals surface area contributed by atoms with Crippen LogP contribution < -0.4 is 11.1 Å². The predicted molar refractivity (Wildman–Crippen MR) is 57.7 cm³/mol. The summed E-state index contributed by atoms with van der Waals surface area (Å²) >= 11 is 0. The van der Waals surface area contributed by atoms with Gasteiger partial charge in [-0.05, 0) is 25.0 Å². The first kappa shape index (κ1) is 10.1. The summed E-state index contributed by atoms with van der Waals surface area (Å²) in [5.74, 6) is 0. The monoisotopic (exact) mass is 178 g/mol. The van der Waals surface area contributed by atoms with Crippen LogP contribution in [0.5, 0.6) is 0 Å². The quantitative estimate of drug-likeness (QED) is 0.695. The summed E-state index contributed by atoms with van der Waals surface area (Å²) < 4.78 is 0. The lowest BCUT2D eigenvalue weighted by atomic mass is 10.2. The molecule has 3 N–H and O–H groups in total. The van der Waals surface area contributed by atoms with Crippen molar-refractivity contribution in [3.63, 3.8) is 0 Å². The van der Waals surface area contributed by atoms with Crippen LogP contribution in [0.4, 0.5) is 5.69 Å². The third-order valence-electron chi connectivity index (χ3n) is 2.09. The average molecular weight is 178 g/mol. The summed E-state index contributed by atoms with van der Waals surface area (Å²) in [4.78, 5) is 0. The van der Waals surface area contributed by atoms with Crippen molar-refractivity contribution < 1.29 is 0 Å². The van der Waals surface area contributed by atoms with Crippen LogP contribution in [0, 0.1) is 6.92 Å². The van der Waals surface area contributed by atoms with E-state index in [0.717, 1.165) is 18.5 Å². The van der Waals surface area contributed by atoms with Crippen LogP contribution in [0.15, 0.2) is 24.3 Å². The third-order valence-corrected chi connectivity index (χ3v) is 2.09. The minimum Gasteiger partial charge on any atom is -0.370 e. The van der Waals surface area contributed by atoms with E-state index in [1.807, 2.05) is 12.1 Å². The summed E-state index contributed by atoms with van der Waals surface area (Å²) in [5.41, 5.74) is 8.26. The first-order valence-corrected chi connectivity index (χ1v) is 4.81. The number of para-hydroxylation sites is 1. The molecule has 0 saturated carbocycles. The second-order valence-corrected chi connectivity index (χ2v) is 3.35. The van der Waals surface area contributed by atoms with Crippen molar-refractivity contribution in [3.05, 3.63) is 29.8 Å². The molecule has 0 heterocycles. The van der Waals surface area contributed by atoms with Gasteiger partial charge in [0.05, 0.1) is 6.17 Å². The molecular formula is C11H18N2. The average Bonchev–Trinajstić information content (AvgIpc) is 2.09. The molecule has 0 bridgehead atoms. The first-order valence-electron chi connectivity index (χ1n) is 4.81. The molecule has 1 atom stereocenters. The molecule has 0 radical (unpaired) electrons. The summed E-state index contributed by atoms with van der Waals surface area (Å²) in [6.45, 7) is 4.22. The van der Waals surface area contributed by atoms with Crippen LogP contribution in [0.1, 0.15) is 25.3 Å². The van der Waals surface area contributed by atoms with Gasteiger partial charge in [-0.15, -0.1) is 0 Å². The number of aryl methyl sites for hydroxylation is 1. The maximum absolute atomic E-state index is 5.87. The molecule has 0 spiro atoms. The smallest absolute Gasteiger partial charge is 0.0743 e. The van der Waals surface area contributed by atoms with Crippen LogP contribution >= 0.6 is 0 Å². The molecule has 2 heteroatoms. The van der Waals surface area contributed by atoms with E-state index in [1.54, 1.807) is 0 Å². The van der Waals surface area contributed by atoms with E-state index in [4.69, 9.17) is 5.73 Å². The van der Waals surface area contributed by atoms with Gasteiger partial charge in [0.1, 0.15) is 0 Å². The van der Waals surface area contributed by atoms with Gasteiger partial charge in [-0.3, -0.25) is 0 Å². The molecule has 0 saturated heterocycles. The van der Waals surface area contributed by atoms with Gasteiger partial charge < -0.3 is 11.1 Å². The molecule has 72 valence electrons. The molecular weight excluding hydrogens is 160 g/mol. The number of hydrogen-bond donors (Lipinski definition) is 2. The van der Waals surface area contributed by atoms with E-state index in [0.29, 0.717) is 0 Å². The zero-order valence-electron chi connectivity index (χ0n) is 8.38. The van der Waals surface area contributed by atoms with E-state index < -0.39 is 0 Å². The largest absolute Gasteiger partial charge is 0.370 e. The third kappa shape index (κ3) is 3.07. The fourth-order valence-electron chi connectivity index (χ4n) is 1.32. The Labute approximate surface area is 80.1 Å². The number of rotatable bonds is 4. The van der Waals surface area contributed by atoms with E-state index in [-0.39, 0.29) is 6.17 Å². The van der Waals surface area contributed by atoms with Crippen molar-refractivity contribution in [1.82, 2.24) is 0 Å². The van der Waals surface area contributed by atoms with Gasteiger partial charge in [0, 0.05) is 5.69 Å². The van der Waals surface area contributed by atoms with E-state index in [2.05, 4.69) is 31.3 Å². The topological polar surface area (TPSA) is 38.0 Å². The van der Waals surface area contributed by atoms with Gasteiger partial charge in [0.2, 0.25) is 0 Å². The van der Waals surface area contributed by atoms with Crippen LogP contribution in [0.25, 0.3) is 0 Å². The lowest BCUT2D eigenvalue weighted by Gasteiger charge is -2.15. The molecule has 0 aliphatic rings. The standard InChI is InChI=1S/C11H18N2/c1-3-6-11(12)13-10-8-5-4-7-9(10)2/h4-5,7-8,11,13H,3,6,12H2,1-2H3. The highest BCUT2D eigenvalue weighted by Crippen LogP contribution is 2.14. The van der Waals surface area contributed by atoms with Crippen molar-refractivity contribution in [2.75, 3.05) is 5.32 Å². The highest BCUT2D eigenvalue weighted by Gasteiger charge is 2.01. The molecule has 2 nitrogen and oxygen atoms in total. The number of benzene rings is 1. The second kappa shape index (κ2) is 4.87. The van der Waals surface area contributed by atoms with E-state index in [1.165, 1.54) is 5.56 Å². The Kier molecular flexibility index (Phi) is 3.77. The minimum atomic E-state index is 0.0751. The molecule has 0 aliphatic heterocycles. The van der Waals surface area contributed by atoms with Crippen molar-refractivity contribution in [2.24, 2.45) is 5.73 Å². The number of nitrogens with one attached hydrogen (secondary N) is 1. The Morgan fingerprint density at radius 1 is 1.38 bits per heavy atom. The highest BCUT2D eigenvalue weighted by atomic mass is 15.0. The lowest BCUT2D eigenvalue weighted by Crippen LogP contribution is -2.29. The number of nitrogens with two attached hydrogens (primary N) is 1.